The number of esters is 1. The Labute approximate surface area is 216 Å². The minimum Gasteiger partial charge on any atom is -0.465 e. The van der Waals surface area contributed by atoms with Gasteiger partial charge in [-0.1, -0.05) is 24.3 Å². The molecule has 0 bridgehead atoms. The van der Waals surface area contributed by atoms with E-state index in [0.29, 0.717) is 41.4 Å². The second kappa shape index (κ2) is 10.8. The average Bonchev–Trinajstić information content (AvgIpc) is 2.93. The van der Waals surface area contributed by atoms with Gasteiger partial charge >= 0.3 is 5.97 Å². The SMILES string of the molecule is COC(=O)c1cccc(S(=O)(=O)Nc2cc(C(=O)N3CCC(c4ccc(C#N)cc4)CC3)ccc2C)c1. The molecule has 0 spiro atoms. The van der Waals surface area contributed by atoms with Crippen LogP contribution in [0.25, 0.3) is 0 Å². The Hall–Kier alpha value is -4.16. The first-order valence-corrected chi connectivity index (χ1v) is 13.3. The Bertz CT molecular complexity index is 1470. The Morgan fingerprint density at radius 2 is 1.70 bits per heavy atom. The van der Waals surface area contributed by atoms with Crippen molar-refractivity contribution in [2.75, 3.05) is 24.9 Å². The molecule has 8 nitrogen and oxygen atoms in total. The van der Waals surface area contributed by atoms with Crippen molar-refractivity contribution in [3.8, 4) is 6.07 Å². The molecular weight excluding hydrogens is 490 g/mol. The van der Waals surface area contributed by atoms with Crippen LogP contribution in [0.4, 0.5) is 5.69 Å². The number of methoxy groups -OCH3 is 1. The number of benzene rings is 3. The zero-order valence-corrected chi connectivity index (χ0v) is 21.4. The first kappa shape index (κ1) is 25.9. The highest BCUT2D eigenvalue weighted by Crippen LogP contribution is 2.30. The molecule has 1 amide bonds. The minimum absolute atomic E-state index is 0.0867. The second-order valence-corrected chi connectivity index (χ2v) is 10.6. The highest BCUT2D eigenvalue weighted by molar-refractivity contribution is 7.92. The normalized spacial score (nSPS) is 14.0. The largest absolute Gasteiger partial charge is 0.465 e. The fourth-order valence-electron chi connectivity index (χ4n) is 4.41. The van der Waals surface area contributed by atoms with Crippen LogP contribution < -0.4 is 4.72 Å². The van der Waals surface area contributed by atoms with Gasteiger partial charge in [0, 0.05) is 18.7 Å². The third-order valence-electron chi connectivity index (χ3n) is 6.59. The molecule has 1 fully saturated rings. The molecule has 1 heterocycles. The topological polar surface area (TPSA) is 117 Å². The summed E-state index contributed by atoms with van der Waals surface area (Å²) in [5, 5.41) is 8.99. The van der Waals surface area contributed by atoms with Crippen LogP contribution in [-0.2, 0) is 14.8 Å². The molecule has 37 heavy (non-hydrogen) atoms. The van der Waals surface area contributed by atoms with Crippen molar-refractivity contribution in [1.82, 2.24) is 4.90 Å². The lowest BCUT2D eigenvalue weighted by molar-refractivity contribution is 0.0600. The lowest BCUT2D eigenvalue weighted by atomic mass is 9.89. The molecule has 0 aromatic heterocycles. The number of piperidine rings is 1. The lowest BCUT2D eigenvalue weighted by Gasteiger charge is -2.32. The number of carbonyl (C=O) groups excluding carboxylic acids is 2. The van der Waals surface area contributed by atoms with Crippen molar-refractivity contribution in [3.63, 3.8) is 0 Å². The molecule has 0 aliphatic carbocycles. The van der Waals surface area contributed by atoms with Gasteiger partial charge < -0.3 is 9.64 Å². The van der Waals surface area contributed by atoms with E-state index in [-0.39, 0.29) is 16.4 Å². The quantitative estimate of drug-likeness (QED) is 0.482. The summed E-state index contributed by atoms with van der Waals surface area (Å²) >= 11 is 0. The number of likely N-dealkylation sites (tertiary alicyclic amines) is 1. The zero-order valence-electron chi connectivity index (χ0n) is 20.6. The van der Waals surface area contributed by atoms with Gasteiger partial charge in [-0.2, -0.15) is 5.26 Å². The van der Waals surface area contributed by atoms with Crippen molar-refractivity contribution >= 4 is 27.6 Å². The molecule has 0 radical (unpaired) electrons. The van der Waals surface area contributed by atoms with Crippen LogP contribution in [0, 0.1) is 18.3 Å². The number of rotatable bonds is 6. The fraction of sp³-hybridized carbons (Fsp3) is 0.250. The van der Waals surface area contributed by atoms with Crippen LogP contribution >= 0.6 is 0 Å². The van der Waals surface area contributed by atoms with E-state index >= 15 is 0 Å². The van der Waals surface area contributed by atoms with E-state index in [0.717, 1.165) is 18.4 Å². The fourth-order valence-corrected chi connectivity index (χ4v) is 5.57. The molecule has 0 atom stereocenters. The highest BCUT2D eigenvalue weighted by atomic mass is 32.2. The average molecular weight is 518 g/mol. The molecule has 3 aromatic carbocycles. The predicted octanol–water partition coefficient (Wildman–Crippen LogP) is 4.47. The standard InChI is InChI=1S/C28H27N3O5S/c1-19-6-9-23(17-26(19)30-37(34,35)25-5-3-4-24(16-25)28(33)36-2)27(32)31-14-12-22(13-15-31)21-10-7-20(18-29)8-11-21/h3-11,16-17,22,30H,12-15H2,1-2H3. The van der Waals surface area contributed by atoms with Gasteiger partial charge in [-0.3, -0.25) is 9.52 Å². The van der Waals surface area contributed by atoms with Crippen molar-refractivity contribution in [2.45, 2.75) is 30.6 Å². The number of nitrogens with one attached hydrogen (secondary N) is 1. The minimum atomic E-state index is -4.01. The molecule has 4 rings (SSSR count). The maximum Gasteiger partial charge on any atom is 0.337 e. The Morgan fingerprint density at radius 1 is 1.00 bits per heavy atom. The number of carbonyl (C=O) groups is 2. The van der Waals surface area contributed by atoms with Crippen molar-refractivity contribution in [3.05, 3.63) is 94.5 Å². The van der Waals surface area contributed by atoms with Crippen LogP contribution in [0.2, 0.25) is 0 Å². The molecule has 1 aliphatic heterocycles. The summed E-state index contributed by atoms with van der Waals surface area (Å²) in [4.78, 5) is 26.7. The number of nitriles is 1. The third kappa shape index (κ3) is 5.81. The maximum absolute atomic E-state index is 13.2. The van der Waals surface area contributed by atoms with E-state index in [1.165, 1.54) is 31.4 Å². The van der Waals surface area contributed by atoms with Gasteiger partial charge in [-0.25, -0.2) is 13.2 Å². The van der Waals surface area contributed by atoms with E-state index in [4.69, 9.17) is 5.26 Å². The van der Waals surface area contributed by atoms with Gasteiger partial charge in [0.25, 0.3) is 15.9 Å². The first-order chi connectivity index (χ1) is 17.7. The van der Waals surface area contributed by atoms with Gasteiger partial charge in [0.1, 0.15) is 0 Å². The van der Waals surface area contributed by atoms with Crippen LogP contribution in [0.15, 0.2) is 71.6 Å². The van der Waals surface area contributed by atoms with E-state index < -0.39 is 16.0 Å². The zero-order chi connectivity index (χ0) is 26.6. The summed E-state index contributed by atoms with van der Waals surface area (Å²) in [7, 11) is -2.79. The highest BCUT2D eigenvalue weighted by Gasteiger charge is 2.25. The summed E-state index contributed by atoms with van der Waals surface area (Å²) in [5.41, 5.74) is 3.25. The smallest absolute Gasteiger partial charge is 0.337 e. The number of hydrogen-bond acceptors (Lipinski definition) is 6. The number of nitrogens with zero attached hydrogens (tertiary/aromatic N) is 2. The Balaban J connectivity index is 1.47. The van der Waals surface area contributed by atoms with Crippen LogP contribution in [0.1, 0.15) is 56.2 Å². The molecule has 1 aliphatic rings. The van der Waals surface area contributed by atoms with Crippen molar-refractivity contribution in [2.24, 2.45) is 0 Å². The summed E-state index contributed by atoms with van der Waals surface area (Å²) in [6.07, 6.45) is 1.61. The van der Waals surface area contributed by atoms with E-state index in [2.05, 4.69) is 15.5 Å². The van der Waals surface area contributed by atoms with Gasteiger partial charge in [0.2, 0.25) is 0 Å². The van der Waals surface area contributed by atoms with E-state index in [9.17, 15) is 18.0 Å². The Kier molecular flexibility index (Phi) is 7.60. The van der Waals surface area contributed by atoms with Crippen molar-refractivity contribution in [1.29, 1.82) is 5.26 Å². The summed E-state index contributed by atoms with van der Waals surface area (Å²) in [6, 6.07) is 20.2. The predicted molar refractivity (Wildman–Crippen MR) is 139 cm³/mol. The molecule has 9 heteroatoms. The molecule has 1 saturated heterocycles. The number of hydrogen-bond donors (Lipinski definition) is 1. The first-order valence-electron chi connectivity index (χ1n) is 11.8. The van der Waals surface area contributed by atoms with Crippen LogP contribution in [0.5, 0.6) is 0 Å². The summed E-state index contributed by atoms with van der Waals surface area (Å²) < 4.78 is 33.3. The van der Waals surface area contributed by atoms with Crippen molar-refractivity contribution < 1.29 is 22.7 Å². The number of ether oxygens (including phenoxy) is 1. The third-order valence-corrected chi connectivity index (χ3v) is 7.95. The molecular formula is C28H27N3O5S. The van der Waals surface area contributed by atoms with E-state index in [1.54, 1.807) is 30.0 Å². The second-order valence-electron chi connectivity index (χ2n) is 8.95. The molecule has 0 saturated carbocycles. The monoisotopic (exact) mass is 517 g/mol. The van der Waals surface area contributed by atoms with Crippen LogP contribution in [0.3, 0.4) is 0 Å². The number of amides is 1. The van der Waals surface area contributed by atoms with E-state index in [1.807, 2.05) is 24.3 Å². The number of sulfonamides is 1. The lowest BCUT2D eigenvalue weighted by Crippen LogP contribution is -2.38. The Morgan fingerprint density at radius 3 is 2.35 bits per heavy atom. The molecule has 3 aromatic rings. The van der Waals surface area contributed by atoms with Gasteiger partial charge in [-0.05, 0) is 79.3 Å². The van der Waals surface area contributed by atoms with Gasteiger partial charge in [-0.15, -0.1) is 0 Å². The summed E-state index contributed by atoms with van der Waals surface area (Å²) in [6.45, 7) is 2.91. The molecule has 1 N–H and O–H groups in total. The summed E-state index contributed by atoms with van der Waals surface area (Å²) in [5.74, 6) is -0.479. The maximum atomic E-state index is 13.2. The molecule has 190 valence electrons. The number of aryl methyl sites for hydroxylation is 1. The van der Waals surface area contributed by atoms with Gasteiger partial charge in [0.15, 0.2) is 0 Å². The number of anilines is 1. The molecule has 0 unspecified atom stereocenters. The van der Waals surface area contributed by atoms with Gasteiger partial charge in [0.05, 0.1) is 34.9 Å². The van der Waals surface area contributed by atoms with Crippen LogP contribution in [-0.4, -0.2) is 45.4 Å².